The van der Waals surface area contributed by atoms with E-state index in [0.29, 0.717) is 23.4 Å². The third kappa shape index (κ3) is 3.76. The van der Waals surface area contributed by atoms with Crippen LogP contribution in [0.25, 0.3) is 0 Å². The number of halogens is 1. The lowest BCUT2D eigenvalue weighted by molar-refractivity contribution is -0.142. The van der Waals surface area contributed by atoms with Crippen LogP contribution in [0.4, 0.5) is 5.69 Å². The minimum absolute atomic E-state index is 0.0884. The van der Waals surface area contributed by atoms with Gasteiger partial charge in [-0.05, 0) is 18.2 Å². The predicted octanol–water partition coefficient (Wildman–Crippen LogP) is 1.50. The first kappa shape index (κ1) is 14.0. The molecule has 19 heavy (non-hydrogen) atoms. The molecule has 6 nitrogen and oxygen atoms in total. The molecule has 1 atom stereocenters. The molecule has 0 radical (unpaired) electrons. The van der Waals surface area contributed by atoms with Crippen molar-refractivity contribution in [2.24, 2.45) is 0 Å². The van der Waals surface area contributed by atoms with E-state index >= 15 is 0 Å². The summed E-state index contributed by atoms with van der Waals surface area (Å²) in [7, 11) is 0. The van der Waals surface area contributed by atoms with Gasteiger partial charge in [0.25, 0.3) is 5.91 Å². The highest BCUT2D eigenvalue weighted by Crippen LogP contribution is 2.20. The van der Waals surface area contributed by atoms with Crippen molar-refractivity contribution in [3.8, 4) is 0 Å². The Labute approximate surface area is 117 Å². The van der Waals surface area contributed by atoms with Gasteiger partial charge in [-0.15, -0.1) is 0 Å². The Morgan fingerprint density at radius 3 is 2.74 bits per heavy atom. The third-order valence-electron chi connectivity index (χ3n) is 2.52. The Bertz CT molecular complexity index is 499. The zero-order valence-electron chi connectivity index (χ0n) is 9.89. The first-order chi connectivity index (χ1) is 9.06. The van der Waals surface area contributed by atoms with Crippen molar-refractivity contribution in [1.29, 1.82) is 0 Å². The van der Waals surface area contributed by atoms with Crippen molar-refractivity contribution in [3.05, 3.63) is 28.2 Å². The summed E-state index contributed by atoms with van der Waals surface area (Å²) in [4.78, 5) is 22.8. The molecule has 102 valence electrons. The highest BCUT2D eigenvalue weighted by molar-refractivity contribution is 9.10. The number of aromatic carboxylic acids is 1. The minimum Gasteiger partial charge on any atom is -0.478 e. The number of carboxylic acids is 1. The highest BCUT2D eigenvalue weighted by Gasteiger charge is 2.23. The van der Waals surface area contributed by atoms with Crippen LogP contribution in [0.15, 0.2) is 22.7 Å². The van der Waals surface area contributed by atoms with Crippen LogP contribution >= 0.6 is 15.9 Å². The van der Waals surface area contributed by atoms with Gasteiger partial charge < -0.3 is 19.9 Å². The van der Waals surface area contributed by atoms with Crippen LogP contribution in [0.1, 0.15) is 10.4 Å². The van der Waals surface area contributed by atoms with Crippen molar-refractivity contribution >= 4 is 33.5 Å². The molecular formula is C12H12BrNO5. The summed E-state index contributed by atoms with van der Waals surface area (Å²) in [5.41, 5.74) is 0.483. The average Bonchev–Trinajstić information content (AvgIpc) is 2.39. The van der Waals surface area contributed by atoms with Crippen LogP contribution in [0.5, 0.6) is 0 Å². The lowest BCUT2D eigenvalue weighted by atomic mass is 10.2. The van der Waals surface area contributed by atoms with Crippen molar-refractivity contribution in [2.45, 2.75) is 6.10 Å². The molecule has 2 N–H and O–H groups in total. The number of benzene rings is 1. The molecule has 0 aromatic heterocycles. The van der Waals surface area contributed by atoms with Crippen LogP contribution in [0.2, 0.25) is 0 Å². The number of hydrogen-bond acceptors (Lipinski definition) is 4. The third-order valence-corrected chi connectivity index (χ3v) is 2.98. The van der Waals surface area contributed by atoms with Crippen molar-refractivity contribution < 1.29 is 24.2 Å². The van der Waals surface area contributed by atoms with E-state index in [4.69, 9.17) is 14.6 Å². The molecule has 1 aliphatic rings. The number of carboxylic acid groups (broad SMARTS) is 1. The summed E-state index contributed by atoms with van der Waals surface area (Å²) < 4.78 is 11.0. The molecule has 1 heterocycles. The van der Waals surface area contributed by atoms with Crippen LogP contribution in [0, 0.1) is 0 Å². The summed E-state index contributed by atoms with van der Waals surface area (Å²) in [5.74, 6) is -1.41. The normalized spacial score (nSPS) is 18.9. The van der Waals surface area contributed by atoms with E-state index in [1.54, 1.807) is 6.07 Å². The molecule has 1 amide bonds. The van der Waals surface area contributed by atoms with Gasteiger partial charge in [0.15, 0.2) is 6.10 Å². The standard InChI is InChI=1S/C12H12BrNO5/c13-8-3-7(12(16)17)4-9(5-8)14-11(15)10-6-18-1-2-19-10/h3-5,10H,1-2,6H2,(H,14,15)(H,16,17). The molecule has 0 spiro atoms. The minimum atomic E-state index is -1.06. The number of hydrogen-bond donors (Lipinski definition) is 2. The number of amides is 1. The first-order valence-corrected chi connectivity index (χ1v) is 6.39. The van der Waals surface area contributed by atoms with E-state index in [-0.39, 0.29) is 18.1 Å². The molecule has 1 aromatic rings. The molecule has 1 aromatic carbocycles. The lowest BCUT2D eigenvalue weighted by Gasteiger charge is -2.22. The summed E-state index contributed by atoms with van der Waals surface area (Å²) in [6.07, 6.45) is -0.666. The van der Waals surface area contributed by atoms with Gasteiger partial charge in [0.2, 0.25) is 0 Å². The highest BCUT2D eigenvalue weighted by atomic mass is 79.9. The molecule has 1 saturated heterocycles. The second-order valence-corrected chi connectivity index (χ2v) is 4.87. The maximum Gasteiger partial charge on any atom is 0.335 e. The topological polar surface area (TPSA) is 84.9 Å². The molecule has 0 bridgehead atoms. The molecule has 0 saturated carbocycles. The van der Waals surface area contributed by atoms with E-state index in [1.165, 1.54) is 12.1 Å². The Kier molecular flexibility index (Phi) is 4.52. The summed E-state index contributed by atoms with van der Waals surface area (Å²) >= 11 is 3.20. The first-order valence-electron chi connectivity index (χ1n) is 5.60. The van der Waals surface area contributed by atoms with Crippen LogP contribution in [-0.2, 0) is 14.3 Å². The SMILES string of the molecule is O=C(O)c1cc(Br)cc(NC(=O)C2COCCO2)c1. The number of carbonyl (C=O) groups excluding carboxylic acids is 1. The van der Waals surface area contributed by atoms with E-state index < -0.39 is 12.1 Å². The molecule has 7 heteroatoms. The van der Waals surface area contributed by atoms with Crippen LogP contribution < -0.4 is 5.32 Å². The lowest BCUT2D eigenvalue weighted by Crippen LogP contribution is -2.39. The number of ether oxygens (including phenoxy) is 2. The van der Waals surface area contributed by atoms with Crippen LogP contribution in [0.3, 0.4) is 0 Å². The van der Waals surface area contributed by atoms with Gasteiger partial charge in [-0.1, -0.05) is 15.9 Å². The molecular weight excluding hydrogens is 318 g/mol. The van der Waals surface area contributed by atoms with Gasteiger partial charge in [0.1, 0.15) is 0 Å². The molecule has 1 aliphatic heterocycles. The number of nitrogens with one attached hydrogen (secondary N) is 1. The Morgan fingerprint density at radius 1 is 1.32 bits per heavy atom. The number of carbonyl (C=O) groups is 2. The van der Waals surface area contributed by atoms with Crippen molar-refractivity contribution in [3.63, 3.8) is 0 Å². The predicted molar refractivity (Wildman–Crippen MR) is 70.3 cm³/mol. The summed E-state index contributed by atoms with van der Waals surface area (Å²) in [6, 6.07) is 4.46. The van der Waals surface area contributed by atoms with Gasteiger partial charge in [0, 0.05) is 10.2 Å². The maximum absolute atomic E-state index is 11.9. The Hall–Kier alpha value is -1.44. The molecule has 0 aliphatic carbocycles. The van der Waals surface area contributed by atoms with Gasteiger partial charge >= 0.3 is 5.97 Å². The van der Waals surface area contributed by atoms with E-state index in [1.807, 2.05) is 0 Å². The van der Waals surface area contributed by atoms with Gasteiger partial charge in [-0.2, -0.15) is 0 Å². The van der Waals surface area contributed by atoms with Crippen molar-refractivity contribution in [1.82, 2.24) is 0 Å². The monoisotopic (exact) mass is 329 g/mol. The zero-order chi connectivity index (χ0) is 13.8. The quantitative estimate of drug-likeness (QED) is 0.877. The fraction of sp³-hybridized carbons (Fsp3) is 0.333. The number of anilines is 1. The molecule has 1 fully saturated rings. The summed E-state index contributed by atoms with van der Waals surface area (Å²) in [6.45, 7) is 1.05. The Morgan fingerprint density at radius 2 is 2.11 bits per heavy atom. The number of rotatable bonds is 3. The summed E-state index contributed by atoms with van der Waals surface area (Å²) in [5, 5.41) is 11.5. The molecule has 2 rings (SSSR count). The second kappa shape index (κ2) is 6.14. The van der Waals surface area contributed by atoms with E-state index in [2.05, 4.69) is 21.2 Å². The van der Waals surface area contributed by atoms with Gasteiger partial charge in [0.05, 0.1) is 25.4 Å². The van der Waals surface area contributed by atoms with Crippen molar-refractivity contribution in [2.75, 3.05) is 25.1 Å². The fourth-order valence-corrected chi connectivity index (χ4v) is 2.14. The second-order valence-electron chi connectivity index (χ2n) is 3.96. The van der Waals surface area contributed by atoms with Crippen LogP contribution in [-0.4, -0.2) is 42.9 Å². The van der Waals surface area contributed by atoms with E-state index in [0.717, 1.165) is 0 Å². The largest absolute Gasteiger partial charge is 0.478 e. The zero-order valence-corrected chi connectivity index (χ0v) is 11.5. The Balaban J connectivity index is 2.09. The van der Waals surface area contributed by atoms with Gasteiger partial charge in [-0.25, -0.2) is 4.79 Å². The molecule has 1 unspecified atom stereocenters. The van der Waals surface area contributed by atoms with E-state index in [9.17, 15) is 9.59 Å². The fourth-order valence-electron chi connectivity index (χ4n) is 1.65. The van der Waals surface area contributed by atoms with Gasteiger partial charge in [-0.3, -0.25) is 4.79 Å². The maximum atomic E-state index is 11.9. The smallest absolute Gasteiger partial charge is 0.335 e. The average molecular weight is 330 g/mol.